The molecule has 2 aromatic rings. The number of carboxylic acids is 1. The van der Waals surface area contributed by atoms with Gasteiger partial charge in [-0.05, 0) is 61.0 Å². The SMILES string of the molecule is O=C(O)C1CCN(C2CCN(C(=O)OCC3c4ccccc4-c4ccccc43)CC2)CC1. The maximum Gasteiger partial charge on any atom is 0.409 e. The molecule has 2 aliphatic heterocycles. The summed E-state index contributed by atoms with van der Waals surface area (Å²) in [6.07, 6.45) is 3.06. The van der Waals surface area contributed by atoms with Gasteiger partial charge in [-0.3, -0.25) is 4.79 Å². The predicted molar refractivity (Wildman–Crippen MR) is 122 cm³/mol. The standard InChI is InChI=1S/C26H30N2O4/c29-25(30)18-9-13-27(14-10-18)19-11-15-28(16-12-19)26(31)32-17-24-22-7-3-1-5-20(22)21-6-2-4-8-23(21)24/h1-8,18-19,24H,9-17H2,(H,29,30). The lowest BCUT2D eigenvalue weighted by atomic mass is 9.93. The van der Waals surface area contributed by atoms with Crippen molar-refractivity contribution in [3.63, 3.8) is 0 Å². The Kier molecular flexibility index (Phi) is 5.87. The molecule has 2 heterocycles. The normalized spacial score (nSPS) is 20.1. The summed E-state index contributed by atoms with van der Waals surface area (Å²) in [6.45, 7) is 3.43. The van der Waals surface area contributed by atoms with Crippen molar-refractivity contribution in [2.45, 2.75) is 37.6 Å². The Bertz CT molecular complexity index is 945. The number of nitrogens with zero attached hydrogens (tertiary/aromatic N) is 2. The number of ether oxygens (including phenoxy) is 1. The molecule has 0 unspecified atom stereocenters. The molecule has 3 aliphatic rings. The molecule has 2 saturated heterocycles. The molecule has 1 N–H and O–H groups in total. The first-order valence-electron chi connectivity index (χ1n) is 11.7. The maximum atomic E-state index is 12.8. The van der Waals surface area contributed by atoms with Crippen LogP contribution in [-0.4, -0.2) is 65.8 Å². The van der Waals surface area contributed by atoms with Crippen molar-refractivity contribution < 1.29 is 19.4 Å². The number of piperidine rings is 2. The molecule has 6 nitrogen and oxygen atoms in total. The van der Waals surface area contributed by atoms with Gasteiger partial charge in [0.05, 0.1) is 5.92 Å². The molecule has 0 radical (unpaired) electrons. The number of aliphatic carboxylic acids is 1. The number of rotatable bonds is 4. The zero-order chi connectivity index (χ0) is 22.1. The van der Waals surface area contributed by atoms with Gasteiger partial charge in [-0.1, -0.05) is 48.5 Å². The van der Waals surface area contributed by atoms with Crippen LogP contribution < -0.4 is 0 Å². The Hall–Kier alpha value is -2.86. The van der Waals surface area contributed by atoms with Crippen molar-refractivity contribution in [3.8, 4) is 11.1 Å². The van der Waals surface area contributed by atoms with Crippen LogP contribution in [0.3, 0.4) is 0 Å². The average Bonchev–Trinajstić information content (AvgIpc) is 3.16. The summed E-state index contributed by atoms with van der Waals surface area (Å²) in [6, 6.07) is 17.2. The van der Waals surface area contributed by atoms with Gasteiger partial charge in [-0.15, -0.1) is 0 Å². The molecule has 1 aliphatic carbocycles. The van der Waals surface area contributed by atoms with Gasteiger partial charge in [0.15, 0.2) is 0 Å². The number of carboxylic acid groups (broad SMARTS) is 1. The zero-order valence-corrected chi connectivity index (χ0v) is 18.3. The van der Waals surface area contributed by atoms with Crippen LogP contribution in [0.1, 0.15) is 42.7 Å². The van der Waals surface area contributed by atoms with Crippen LogP contribution in [0.4, 0.5) is 4.79 Å². The van der Waals surface area contributed by atoms with Crippen molar-refractivity contribution in [3.05, 3.63) is 59.7 Å². The first-order valence-corrected chi connectivity index (χ1v) is 11.7. The van der Waals surface area contributed by atoms with Gasteiger partial charge < -0.3 is 19.6 Å². The molecule has 0 bridgehead atoms. The fraction of sp³-hybridized carbons (Fsp3) is 0.462. The van der Waals surface area contributed by atoms with Gasteiger partial charge in [-0.2, -0.15) is 0 Å². The van der Waals surface area contributed by atoms with Crippen molar-refractivity contribution in [2.75, 3.05) is 32.8 Å². The topological polar surface area (TPSA) is 70.1 Å². The molecule has 0 saturated carbocycles. The molecule has 2 fully saturated rings. The molecule has 2 aromatic carbocycles. The van der Waals surface area contributed by atoms with Crippen molar-refractivity contribution in [1.82, 2.24) is 9.80 Å². The molecule has 32 heavy (non-hydrogen) atoms. The molecule has 0 aromatic heterocycles. The number of amides is 1. The lowest BCUT2D eigenvalue weighted by Crippen LogP contribution is -2.49. The number of hydrogen-bond acceptors (Lipinski definition) is 4. The van der Waals surface area contributed by atoms with Gasteiger partial charge in [0, 0.05) is 25.0 Å². The Morgan fingerprint density at radius 1 is 0.844 bits per heavy atom. The van der Waals surface area contributed by atoms with E-state index in [-0.39, 0.29) is 17.9 Å². The first kappa shape index (κ1) is 21.0. The Balaban J connectivity index is 1.14. The van der Waals surface area contributed by atoms with Crippen molar-refractivity contribution in [1.29, 1.82) is 0 Å². The van der Waals surface area contributed by atoms with E-state index in [9.17, 15) is 14.7 Å². The molecular weight excluding hydrogens is 404 g/mol. The number of likely N-dealkylation sites (tertiary alicyclic amines) is 2. The van der Waals surface area contributed by atoms with Crippen LogP contribution in [0.2, 0.25) is 0 Å². The fourth-order valence-electron chi connectivity index (χ4n) is 5.61. The second-order valence-electron chi connectivity index (χ2n) is 9.17. The minimum atomic E-state index is -0.672. The van der Waals surface area contributed by atoms with E-state index < -0.39 is 5.97 Å². The number of carbonyl (C=O) groups is 2. The Morgan fingerprint density at radius 3 is 1.97 bits per heavy atom. The quantitative estimate of drug-likeness (QED) is 0.781. The predicted octanol–water partition coefficient (Wildman–Crippen LogP) is 4.20. The summed E-state index contributed by atoms with van der Waals surface area (Å²) < 4.78 is 5.81. The molecule has 0 spiro atoms. The molecule has 1 amide bonds. The van der Waals surface area contributed by atoms with Gasteiger partial charge in [0.1, 0.15) is 6.61 Å². The molecule has 0 atom stereocenters. The summed E-state index contributed by atoms with van der Waals surface area (Å²) >= 11 is 0. The smallest absolute Gasteiger partial charge is 0.409 e. The van der Waals surface area contributed by atoms with Gasteiger partial charge >= 0.3 is 12.1 Å². The minimum absolute atomic E-state index is 0.0828. The molecule has 5 rings (SSSR count). The maximum absolute atomic E-state index is 12.8. The molecule has 168 valence electrons. The number of hydrogen-bond donors (Lipinski definition) is 1. The van der Waals surface area contributed by atoms with Crippen molar-refractivity contribution >= 4 is 12.1 Å². The van der Waals surface area contributed by atoms with E-state index in [1.54, 1.807) is 0 Å². The number of carbonyl (C=O) groups excluding carboxylic acids is 1. The largest absolute Gasteiger partial charge is 0.481 e. The summed E-state index contributed by atoms with van der Waals surface area (Å²) in [4.78, 5) is 28.2. The van der Waals surface area contributed by atoms with Crippen LogP contribution in [0.15, 0.2) is 48.5 Å². The van der Waals surface area contributed by atoms with E-state index in [0.717, 1.165) is 38.8 Å². The summed E-state index contributed by atoms with van der Waals surface area (Å²) in [5.74, 6) is -0.790. The minimum Gasteiger partial charge on any atom is -0.481 e. The Labute approximate surface area is 188 Å². The van der Waals surface area contributed by atoms with E-state index in [4.69, 9.17) is 4.74 Å². The Morgan fingerprint density at radius 2 is 1.41 bits per heavy atom. The van der Waals surface area contributed by atoms with E-state index in [1.807, 2.05) is 17.0 Å². The summed E-state index contributed by atoms with van der Waals surface area (Å²) in [5.41, 5.74) is 4.92. The van der Waals surface area contributed by atoms with Crippen LogP contribution >= 0.6 is 0 Å². The fourth-order valence-corrected chi connectivity index (χ4v) is 5.61. The van der Waals surface area contributed by atoms with Gasteiger partial charge in [0.25, 0.3) is 0 Å². The summed E-state index contributed by atoms with van der Waals surface area (Å²) in [5, 5.41) is 9.19. The van der Waals surface area contributed by atoms with Crippen LogP contribution in [0.5, 0.6) is 0 Å². The summed E-state index contributed by atoms with van der Waals surface area (Å²) in [7, 11) is 0. The average molecular weight is 435 g/mol. The highest BCUT2D eigenvalue weighted by Crippen LogP contribution is 2.44. The van der Waals surface area contributed by atoms with Crippen LogP contribution in [-0.2, 0) is 9.53 Å². The van der Waals surface area contributed by atoms with E-state index >= 15 is 0 Å². The van der Waals surface area contributed by atoms with Gasteiger partial charge in [0.2, 0.25) is 0 Å². The zero-order valence-electron chi connectivity index (χ0n) is 18.3. The number of benzene rings is 2. The highest BCUT2D eigenvalue weighted by atomic mass is 16.6. The van der Waals surface area contributed by atoms with E-state index in [0.29, 0.717) is 25.7 Å². The monoisotopic (exact) mass is 434 g/mol. The van der Waals surface area contributed by atoms with E-state index in [1.165, 1.54) is 22.3 Å². The van der Waals surface area contributed by atoms with Crippen LogP contribution in [0, 0.1) is 5.92 Å². The third kappa shape index (κ3) is 3.99. The number of fused-ring (bicyclic) bond motifs is 3. The second kappa shape index (κ2) is 8.94. The third-order valence-corrected chi connectivity index (χ3v) is 7.45. The second-order valence-corrected chi connectivity index (χ2v) is 9.17. The van der Waals surface area contributed by atoms with E-state index in [2.05, 4.69) is 41.3 Å². The molecule has 6 heteroatoms. The third-order valence-electron chi connectivity index (χ3n) is 7.45. The van der Waals surface area contributed by atoms with Gasteiger partial charge in [-0.25, -0.2) is 4.79 Å². The lowest BCUT2D eigenvalue weighted by Gasteiger charge is -2.40. The highest BCUT2D eigenvalue weighted by Gasteiger charge is 2.33. The molecular formula is C26H30N2O4. The van der Waals surface area contributed by atoms with Crippen LogP contribution in [0.25, 0.3) is 11.1 Å². The first-order chi connectivity index (χ1) is 15.6. The van der Waals surface area contributed by atoms with Crippen molar-refractivity contribution in [2.24, 2.45) is 5.92 Å². The lowest BCUT2D eigenvalue weighted by molar-refractivity contribution is -0.143. The highest BCUT2D eigenvalue weighted by molar-refractivity contribution is 5.79.